The van der Waals surface area contributed by atoms with Crippen molar-refractivity contribution in [2.75, 3.05) is 19.6 Å². The molecule has 0 unspecified atom stereocenters. The minimum Gasteiger partial charge on any atom is -0.330 e. The molecular weight excluding hydrogens is 220 g/mol. The summed E-state index contributed by atoms with van der Waals surface area (Å²) in [5.74, 6) is 4.08. The van der Waals surface area contributed by atoms with Gasteiger partial charge in [-0.25, -0.2) is 0 Å². The summed E-state index contributed by atoms with van der Waals surface area (Å²) >= 11 is 0. The van der Waals surface area contributed by atoms with Crippen molar-refractivity contribution in [3.05, 3.63) is 0 Å². The van der Waals surface area contributed by atoms with Crippen LogP contribution in [0.1, 0.15) is 53.4 Å². The normalized spacial score (nSPS) is 25.3. The number of nitrogens with two attached hydrogens (primary N) is 1. The van der Waals surface area contributed by atoms with Crippen molar-refractivity contribution in [2.24, 2.45) is 35.3 Å². The third-order valence-electron chi connectivity index (χ3n) is 4.83. The first-order chi connectivity index (χ1) is 8.54. The molecule has 0 aromatic carbocycles. The Morgan fingerprint density at radius 2 is 1.44 bits per heavy atom. The highest BCUT2D eigenvalue weighted by atomic mass is 14.9. The van der Waals surface area contributed by atoms with E-state index in [1.54, 1.807) is 0 Å². The third kappa shape index (κ3) is 5.27. The molecule has 18 heavy (non-hydrogen) atoms. The second-order valence-electron chi connectivity index (χ2n) is 6.93. The van der Waals surface area contributed by atoms with Gasteiger partial charge >= 0.3 is 0 Å². The fraction of sp³-hybridized carbons (Fsp3) is 1.00. The zero-order valence-electron chi connectivity index (χ0n) is 12.9. The summed E-state index contributed by atoms with van der Waals surface area (Å²) < 4.78 is 0. The average Bonchev–Trinajstić information content (AvgIpc) is 2.34. The van der Waals surface area contributed by atoms with Gasteiger partial charge in [-0.3, -0.25) is 0 Å². The van der Waals surface area contributed by atoms with Crippen LogP contribution < -0.4 is 11.1 Å². The van der Waals surface area contributed by atoms with Crippen LogP contribution in [0.25, 0.3) is 0 Å². The molecule has 2 nitrogen and oxygen atoms in total. The van der Waals surface area contributed by atoms with Crippen molar-refractivity contribution in [1.82, 2.24) is 5.32 Å². The van der Waals surface area contributed by atoms with Crippen LogP contribution in [0.4, 0.5) is 0 Å². The SMILES string of the molecule is CC(C)C(CNCC1CCC(CN)CC1)C(C)C. The Balaban J connectivity index is 2.17. The molecule has 0 amide bonds. The summed E-state index contributed by atoms with van der Waals surface area (Å²) in [6.07, 6.45) is 5.45. The zero-order valence-corrected chi connectivity index (χ0v) is 12.9. The molecule has 1 saturated carbocycles. The topological polar surface area (TPSA) is 38.0 Å². The van der Waals surface area contributed by atoms with Gasteiger partial charge < -0.3 is 11.1 Å². The maximum absolute atomic E-state index is 5.74. The Bertz CT molecular complexity index is 197. The molecule has 0 spiro atoms. The molecule has 0 heterocycles. The second kappa shape index (κ2) is 8.16. The van der Waals surface area contributed by atoms with Gasteiger partial charge in [-0.2, -0.15) is 0 Å². The fourth-order valence-electron chi connectivity index (χ4n) is 3.37. The largest absolute Gasteiger partial charge is 0.330 e. The minimum absolute atomic E-state index is 0.783. The molecular formula is C16H34N2. The molecule has 3 N–H and O–H groups in total. The van der Waals surface area contributed by atoms with E-state index in [-0.39, 0.29) is 0 Å². The predicted octanol–water partition coefficient (Wildman–Crippen LogP) is 3.27. The summed E-state index contributed by atoms with van der Waals surface area (Å²) in [6, 6.07) is 0. The van der Waals surface area contributed by atoms with Crippen LogP contribution in [0.2, 0.25) is 0 Å². The Morgan fingerprint density at radius 1 is 0.944 bits per heavy atom. The minimum atomic E-state index is 0.783. The molecule has 0 aromatic rings. The lowest BCUT2D eigenvalue weighted by Gasteiger charge is -2.30. The molecule has 1 aliphatic carbocycles. The standard InChI is InChI=1S/C16H34N2/c1-12(2)16(13(3)4)11-18-10-15-7-5-14(9-17)6-8-15/h12-16,18H,5-11,17H2,1-4H3. The van der Waals surface area contributed by atoms with Crippen LogP contribution in [0.5, 0.6) is 0 Å². The Morgan fingerprint density at radius 3 is 1.89 bits per heavy atom. The Labute approximate surface area is 114 Å². The first-order valence-electron chi connectivity index (χ1n) is 7.95. The first-order valence-corrected chi connectivity index (χ1v) is 7.95. The highest BCUT2D eigenvalue weighted by Gasteiger charge is 2.21. The van der Waals surface area contributed by atoms with Gasteiger partial charge in [0.2, 0.25) is 0 Å². The van der Waals surface area contributed by atoms with Crippen LogP contribution in [-0.4, -0.2) is 19.6 Å². The van der Waals surface area contributed by atoms with Crippen LogP contribution in [0, 0.1) is 29.6 Å². The van der Waals surface area contributed by atoms with E-state index in [2.05, 4.69) is 33.0 Å². The molecule has 0 atom stereocenters. The van der Waals surface area contributed by atoms with E-state index in [0.717, 1.165) is 36.1 Å². The molecule has 1 fully saturated rings. The quantitative estimate of drug-likeness (QED) is 0.732. The molecule has 0 aliphatic heterocycles. The second-order valence-corrected chi connectivity index (χ2v) is 6.93. The monoisotopic (exact) mass is 254 g/mol. The molecule has 0 aromatic heterocycles. The number of hydrogen-bond acceptors (Lipinski definition) is 2. The van der Waals surface area contributed by atoms with Gasteiger partial charge in [0.15, 0.2) is 0 Å². The van der Waals surface area contributed by atoms with Gasteiger partial charge in [-0.1, -0.05) is 27.7 Å². The summed E-state index contributed by atoms with van der Waals surface area (Å²) in [5, 5.41) is 3.72. The van der Waals surface area contributed by atoms with Gasteiger partial charge in [0.25, 0.3) is 0 Å². The molecule has 1 rings (SSSR count). The number of hydrogen-bond donors (Lipinski definition) is 2. The predicted molar refractivity (Wildman–Crippen MR) is 80.5 cm³/mol. The molecule has 0 bridgehead atoms. The summed E-state index contributed by atoms with van der Waals surface area (Å²) in [6.45, 7) is 12.7. The van der Waals surface area contributed by atoms with Gasteiger partial charge in [-0.15, -0.1) is 0 Å². The van der Waals surface area contributed by atoms with Crippen LogP contribution in [0.3, 0.4) is 0 Å². The third-order valence-corrected chi connectivity index (χ3v) is 4.83. The van der Waals surface area contributed by atoms with Crippen LogP contribution >= 0.6 is 0 Å². The van der Waals surface area contributed by atoms with Gasteiger partial charge in [0.05, 0.1) is 0 Å². The lowest BCUT2D eigenvalue weighted by Crippen LogP contribution is -2.34. The van der Waals surface area contributed by atoms with Gasteiger partial charge in [-0.05, 0) is 74.9 Å². The van der Waals surface area contributed by atoms with Crippen molar-refractivity contribution < 1.29 is 0 Å². The van der Waals surface area contributed by atoms with Crippen molar-refractivity contribution in [3.8, 4) is 0 Å². The Kier molecular flexibility index (Phi) is 7.25. The lowest BCUT2D eigenvalue weighted by molar-refractivity contribution is 0.243. The molecule has 0 saturated heterocycles. The van der Waals surface area contributed by atoms with Gasteiger partial charge in [0, 0.05) is 0 Å². The van der Waals surface area contributed by atoms with Crippen LogP contribution in [0.15, 0.2) is 0 Å². The van der Waals surface area contributed by atoms with E-state index in [9.17, 15) is 0 Å². The number of nitrogens with one attached hydrogen (secondary N) is 1. The maximum Gasteiger partial charge on any atom is -0.00155 e. The van der Waals surface area contributed by atoms with Crippen molar-refractivity contribution in [1.29, 1.82) is 0 Å². The van der Waals surface area contributed by atoms with E-state index in [4.69, 9.17) is 5.73 Å². The number of rotatable bonds is 7. The molecule has 108 valence electrons. The zero-order chi connectivity index (χ0) is 13.5. The smallest absolute Gasteiger partial charge is 0.00155 e. The van der Waals surface area contributed by atoms with E-state index >= 15 is 0 Å². The lowest BCUT2D eigenvalue weighted by atomic mass is 9.81. The fourth-order valence-corrected chi connectivity index (χ4v) is 3.37. The van der Waals surface area contributed by atoms with Crippen molar-refractivity contribution in [3.63, 3.8) is 0 Å². The van der Waals surface area contributed by atoms with Crippen molar-refractivity contribution in [2.45, 2.75) is 53.4 Å². The highest BCUT2D eigenvalue weighted by molar-refractivity contribution is 4.76. The summed E-state index contributed by atoms with van der Waals surface area (Å²) in [7, 11) is 0. The van der Waals surface area contributed by atoms with E-state index in [0.29, 0.717) is 0 Å². The van der Waals surface area contributed by atoms with Gasteiger partial charge in [0.1, 0.15) is 0 Å². The van der Waals surface area contributed by atoms with Crippen LogP contribution in [-0.2, 0) is 0 Å². The average molecular weight is 254 g/mol. The highest BCUT2D eigenvalue weighted by Crippen LogP contribution is 2.27. The molecule has 1 aliphatic rings. The van der Waals surface area contributed by atoms with E-state index in [1.165, 1.54) is 38.8 Å². The summed E-state index contributed by atoms with van der Waals surface area (Å²) in [5.41, 5.74) is 5.74. The van der Waals surface area contributed by atoms with E-state index in [1.807, 2.05) is 0 Å². The first kappa shape index (κ1) is 16.0. The van der Waals surface area contributed by atoms with E-state index < -0.39 is 0 Å². The maximum atomic E-state index is 5.74. The van der Waals surface area contributed by atoms with Crippen molar-refractivity contribution >= 4 is 0 Å². The molecule has 0 radical (unpaired) electrons. The molecule has 2 heteroatoms. The summed E-state index contributed by atoms with van der Waals surface area (Å²) in [4.78, 5) is 0. The Hall–Kier alpha value is -0.0800.